The average Bonchev–Trinajstić information content (AvgIpc) is 2.32. The zero-order chi connectivity index (χ0) is 13.7. The minimum Gasteiger partial charge on any atom is -0.359 e. The molecule has 1 rings (SSSR count). The van der Waals surface area contributed by atoms with Crippen LogP contribution in [-0.2, 0) is 4.79 Å². The number of halogens is 1. The molecule has 100 valence electrons. The van der Waals surface area contributed by atoms with Gasteiger partial charge in [0.2, 0.25) is 5.91 Å². The number of nitrogens with zero attached hydrogens (tertiary/aromatic N) is 2. The molecule has 0 atom stereocenters. The first kappa shape index (κ1) is 14.7. The van der Waals surface area contributed by atoms with Crippen LogP contribution in [-0.4, -0.2) is 29.2 Å². The van der Waals surface area contributed by atoms with E-state index in [0.717, 1.165) is 11.1 Å². The van der Waals surface area contributed by atoms with E-state index in [2.05, 4.69) is 20.8 Å². The van der Waals surface area contributed by atoms with Gasteiger partial charge in [-0.25, -0.2) is 0 Å². The van der Waals surface area contributed by atoms with Gasteiger partial charge in [-0.3, -0.25) is 4.79 Å². The first-order valence-corrected chi connectivity index (χ1v) is 6.29. The summed E-state index contributed by atoms with van der Waals surface area (Å²) in [6.45, 7) is 8.71. The van der Waals surface area contributed by atoms with E-state index in [9.17, 15) is 4.79 Å². The van der Waals surface area contributed by atoms with Crippen molar-refractivity contribution in [3.8, 4) is 0 Å². The zero-order valence-corrected chi connectivity index (χ0v) is 11.9. The molecule has 1 aromatic rings. The highest BCUT2D eigenvalue weighted by Gasteiger charge is 2.09. The van der Waals surface area contributed by atoms with Crippen molar-refractivity contribution in [2.75, 3.05) is 18.4 Å². The molecule has 0 aliphatic heterocycles. The molecule has 0 aliphatic rings. The number of hydrogen-bond donors (Lipinski definition) is 2. The van der Waals surface area contributed by atoms with Gasteiger partial charge in [0, 0.05) is 6.54 Å². The van der Waals surface area contributed by atoms with Crippen LogP contribution in [0.25, 0.3) is 0 Å². The molecule has 0 bridgehead atoms. The molecule has 1 amide bonds. The molecule has 0 saturated carbocycles. The van der Waals surface area contributed by atoms with E-state index in [1.807, 2.05) is 27.7 Å². The lowest BCUT2D eigenvalue weighted by atomic mass is 10.2. The lowest BCUT2D eigenvalue weighted by Gasteiger charge is -2.11. The number of hydrogen-bond acceptors (Lipinski definition) is 4. The molecule has 0 aromatic carbocycles. The van der Waals surface area contributed by atoms with Gasteiger partial charge in [0.25, 0.3) is 0 Å². The third kappa shape index (κ3) is 4.14. The average molecular weight is 271 g/mol. The maximum absolute atomic E-state index is 11.5. The number of carbonyl (C=O) groups is 1. The lowest BCUT2D eigenvalue weighted by molar-refractivity contribution is -0.119. The molecule has 0 unspecified atom stereocenters. The Morgan fingerprint density at radius 3 is 2.56 bits per heavy atom. The summed E-state index contributed by atoms with van der Waals surface area (Å²) in [5, 5.41) is 13.9. The molecular formula is C12H19ClN4O. The minimum atomic E-state index is -0.0579. The van der Waals surface area contributed by atoms with Crippen LogP contribution in [0.5, 0.6) is 0 Å². The van der Waals surface area contributed by atoms with Crippen molar-refractivity contribution >= 4 is 23.3 Å². The Kier molecular flexibility index (Phi) is 5.34. The van der Waals surface area contributed by atoms with Gasteiger partial charge in [-0.15, -0.1) is 10.2 Å². The molecule has 0 saturated heterocycles. The second-order valence-corrected chi connectivity index (χ2v) is 5.00. The van der Waals surface area contributed by atoms with Gasteiger partial charge in [-0.2, -0.15) is 0 Å². The Labute approximate surface area is 112 Å². The van der Waals surface area contributed by atoms with E-state index in [1.165, 1.54) is 0 Å². The van der Waals surface area contributed by atoms with Gasteiger partial charge in [0.05, 0.1) is 6.54 Å². The summed E-state index contributed by atoms with van der Waals surface area (Å²) < 4.78 is 0. The Bertz CT molecular complexity index is 434. The van der Waals surface area contributed by atoms with E-state index >= 15 is 0 Å². The van der Waals surface area contributed by atoms with Crippen LogP contribution >= 0.6 is 11.6 Å². The molecule has 6 heteroatoms. The van der Waals surface area contributed by atoms with Gasteiger partial charge in [0.15, 0.2) is 11.0 Å². The summed E-state index contributed by atoms with van der Waals surface area (Å²) in [6.07, 6.45) is 0. The highest BCUT2D eigenvalue weighted by molar-refractivity contribution is 6.30. The topological polar surface area (TPSA) is 66.9 Å². The summed E-state index contributed by atoms with van der Waals surface area (Å²) in [7, 11) is 0. The maximum Gasteiger partial charge on any atom is 0.239 e. The number of nitrogens with one attached hydrogen (secondary N) is 2. The highest BCUT2D eigenvalue weighted by atomic mass is 35.5. The Balaban J connectivity index is 2.54. The van der Waals surface area contributed by atoms with Crippen LogP contribution in [0.1, 0.15) is 25.0 Å². The first-order valence-electron chi connectivity index (χ1n) is 5.91. The number of rotatable bonds is 5. The SMILES string of the molecule is Cc1c(Cl)nnc(NCC(=O)NCC(C)C)c1C. The summed E-state index contributed by atoms with van der Waals surface area (Å²) >= 11 is 5.85. The summed E-state index contributed by atoms with van der Waals surface area (Å²) in [5.74, 6) is 0.974. The van der Waals surface area contributed by atoms with Crippen molar-refractivity contribution in [3.05, 3.63) is 16.3 Å². The fourth-order valence-electron chi connectivity index (χ4n) is 1.29. The molecule has 1 aromatic heterocycles. The van der Waals surface area contributed by atoms with Crippen LogP contribution in [0, 0.1) is 19.8 Å². The third-order valence-corrected chi connectivity index (χ3v) is 2.95. The predicted octanol–water partition coefficient (Wildman–Crippen LogP) is 1.93. The second kappa shape index (κ2) is 6.54. The maximum atomic E-state index is 11.5. The van der Waals surface area contributed by atoms with Crippen molar-refractivity contribution in [1.82, 2.24) is 15.5 Å². The normalized spacial score (nSPS) is 10.6. The van der Waals surface area contributed by atoms with Gasteiger partial charge in [0.1, 0.15) is 0 Å². The number of amides is 1. The molecule has 0 spiro atoms. The lowest BCUT2D eigenvalue weighted by Crippen LogP contribution is -2.32. The molecule has 18 heavy (non-hydrogen) atoms. The first-order chi connectivity index (χ1) is 8.41. The van der Waals surface area contributed by atoms with Gasteiger partial charge in [-0.05, 0) is 30.9 Å². The fourth-order valence-corrected chi connectivity index (χ4v) is 1.47. The fraction of sp³-hybridized carbons (Fsp3) is 0.583. The number of anilines is 1. The molecule has 0 fully saturated rings. The molecule has 0 radical (unpaired) electrons. The molecule has 0 aliphatic carbocycles. The quantitative estimate of drug-likeness (QED) is 0.858. The zero-order valence-electron chi connectivity index (χ0n) is 11.2. The summed E-state index contributed by atoms with van der Waals surface area (Å²) in [6, 6.07) is 0. The van der Waals surface area contributed by atoms with Gasteiger partial charge >= 0.3 is 0 Å². The van der Waals surface area contributed by atoms with Crippen molar-refractivity contribution < 1.29 is 4.79 Å². The van der Waals surface area contributed by atoms with Crippen molar-refractivity contribution in [3.63, 3.8) is 0 Å². The van der Waals surface area contributed by atoms with Gasteiger partial charge < -0.3 is 10.6 Å². The Morgan fingerprint density at radius 1 is 1.28 bits per heavy atom. The smallest absolute Gasteiger partial charge is 0.239 e. The van der Waals surface area contributed by atoms with Crippen LogP contribution in [0.3, 0.4) is 0 Å². The molecule has 5 nitrogen and oxygen atoms in total. The van der Waals surface area contributed by atoms with Gasteiger partial charge in [-0.1, -0.05) is 25.4 Å². The number of aromatic nitrogens is 2. The number of carbonyl (C=O) groups excluding carboxylic acids is 1. The van der Waals surface area contributed by atoms with Crippen molar-refractivity contribution in [2.45, 2.75) is 27.7 Å². The van der Waals surface area contributed by atoms with E-state index in [1.54, 1.807) is 0 Å². The Hall–Kier alpha value is -1.36. The Morgan fingerprint density at radius 2 is 1.94 bits per heavy atom. The van der Waals surface area contributed by atoms with Crippen LogP contribution in [0.2, 0.25) is 5.15 Å². The van der Waals surface area contributed by atoms with E-state index in [-0.39, 0.29) is 12.5 Å². The van der Waals surface area contributed by atoms with E-state index < -0.39 is 0 Å². The van der Waals surface area contributed by atoms with E-state index in [0.29, 0.717) is 23.4 Å². The minimum absolute atomic E-state index is 0.0579. The van der Waals surface area contributed by atoms with Crippen LogP contribution in [0.15, 0.2) is 0 Å². The largest absolute Gasteiger partial charge is 0.359 e. The second-order valence-electron chi connectivity index (χ2n) is 4.64. The third-order valence-electron chi connectivity index (χ3n) is 2.59. The summed E-state index contributed by atoms with van der Waals surface area (Å²) in [5.41, 5.74) is 1.78. The van der Waals surface area contributed by atoms with Crippen LogP contribution in [0.4, 0.5) is 5.82 Å². The van der Waals surface area contributed by atoms with Crippen molar-refractivity contribution in [1.29, 1.82) is 0 Å². The molecular weight excluding hydrogens is 252 g/mol. The van der Waals surface area contributed by atoms with Crippen molar-refractivity contribution in [2.24, 2.45) is 5.92 Å². The highest BCUT2D eigenvalue weighted by Crippen LogP contribution is 2.20. The van der Waals surface area contributed by atoms with E-state index in [4.69, 9.17) is 11.6 Å². The summed E-state index contributed by atoms with van der Waals surface area (Å²) in [4.78, 5) is 11.5. The standard InChI is InChI=1S/C12H19ClN4O/c1-7(2)5-14-10(18)6-15-12-9(4)8(3)11(13)16-17-12/h7H,5-6H2,1-4H3,(H,14,18)(H,15,17). The monoisotopic (exact) mass is 270 g/mol. The predicted molar refractivity (Wildman–Crippen MR) is 72.9 cm³/mol. The van der Waals surface area contributed by atoms with Crippen LogP contribution < -0.4 is 10.6 Å². The molecule has 2 N–H and O–H groups in total. The molecule has 1 heterocycles.